The van der Waals surface area contributed by atoms with E-state index >= 15 is 0 Å². The maximum Gasteiger partial charge on any atom is 0.411 e. The molecule has 4 aromatic rings. The van der Waals surface area contributed by atoms with Crippen LogP contribution in [0.15, 0.2) is 60.7 Å². The fraction of sp³-hybridized carbons (Fsp3) is 0.474. The second kappa shape index (κ2) is 16.2. The number of nitrogens with zero attached hydrogens (tertiary/aromatic N) is 4. The molecule has 280 valence electrons. The van der Waals surface area contributed by atoms with Gasteiger partial charge in [0.2, 0.25) is 11.7 Å². The Labute approximate surface area is 306 Å². The summed E-state index contributed by atoms with van der Waals surface area (Å²) < 4.78 is 61.2. The fourth-order valence-electron chi connectivity index (χ4n) is 7.43. The number of carbonyl (C=O) groups is 1. The van der Waals surface area contributed by atoms with Crippen molar-refractivity contribution >= 4 is 34.5 Å². The molecule has 2 saturated heterocycles. The molecule has 52 heavy (non-hydrogen) atoms. The Kier molecular flexibility index (Phi) is 11.7. The molecule has 1 N–H and O–H groups in total. The molecule has 10 nitrogen and oxygen atoms in total. The van der Waals surface area contributed by atoms with Crippen LogP contribution in [0.2, 0.25) is 5.02 Å². The van der Waals surface area contributed by atoms with Crippen LogP contribution < -0.4 is 19.5 Å². The predicted octanol–water partition coefficient (Wildman–Crippen LogP) is 7.04. The Morgan fingerprint density at radius 1 is 0.962 bits per heavy atom. The van der Waals surface area contributed by atoms with Crippen molar-refractivity contribution < 1.29 is 36.9 Å². The molecule has 0 radical (unpaired) electrons. The zero-order valence-corrected chi connectivity index (χ0v) is 30.4. The van der Waals surface area contributed by atoms with E-state index in [9.17, 15) is 18.0 Å². The molecular formula is C38H45ClF3N5O5. The minimum atomic E-state index is -4.37. The van der Waals surface area contributed by atoms with Crippen LogP contribution in [0.5, 0.6) is 17.2 Å². The molecule has 14 heteroatoms. The van der Waals surface area contributed by atoms with Gasteiger partial charge in [0.25, 0.3) is 5.91 Å². The molecule has 0 spiro atoms. The van der Waals surface area contributed by atoms with Gasteiger partial charge in [-0.1, -0.05) is 35.9 Å². The molecule has 0 aliphatic carbocycles. The van der Waals surface area contributed by atoms with Gasteiger partial charge in [-0.25, -0.2) is 4.98 Å². The largest absolute Gasteiger partial charge is 0.493 e. The first-order chi connectivity index (χ1) is 25.0. The van der Waals surface area contributed by atoms with Crippen molar-refractivity contribution in [3.63, 3.8) is 0 Å². The SMILES string of the molecule is COc1cc(C(=O)N2CCC(CCN3CCC(Nc4nc5ccccc5n4CCOCC(F)(F)F)CC3)(c3ccc(Cl)cc3)C2)cc(OC)c1OC. The van der Waals surface area contributed by atoms with Gasteiger partial charge >= 0.3 is 6.18 Å². The van der Waals surface area contributed by atoms with E-state index in [4.69, 9.17) is 35.5 Å². The molecule has 3 heterocycles. The number of anilines is 1. The summed E-state index contributed by atoms with van der Waals surface area (Å²) in [5.74, 6) is 1.84. The smallest absolute Gasteiger partial charge is 0.411 e. The second-order valence-corrected chi connectivity index (χ2v) is 13.9. The van der Waals surface area contributed by atoms with Gasteiger partial charge < -0.3 is 38.6 Å². The number of rotatable bonds is 14. The lowest BCUT2D eigenvalue weighted by atomic mass is 9.76. The van der Waals surface area contributed by atoms with Crippen LogP contribution in [-0.2, 0) is 16.7 Å². The molecule has 1 unspecified atom stereocenters. The number of methoxy groups -OCH3 is 3. The van der Waals surface area contributed by atoms with E-state index in [1.54, 1.807) is 12.1 Å². The highest BCUT2D eigenvalue weighted by Crippen LogP contribution is 2.42. The summed E-state index contributed by atoms with van der Waals surface area (Å²) >= 11 is 6.29. The second-order valence-electron chi connectivity index (χ2n) is 13.4. The van der Waals surface area contributed by atoms with Crippen molar-refractivity contribution in [3.05, 3.63) is 76.8 Å². The number of ether oxygens (including phenoxy) is 4. The van der Waals surface area contributed by atoms with Crippen LogP contribution in [0.4, 0.5) is 19.1 Å². The number of nitrogens with one attached hydrogen (secondary N) is 1. The minimum Gasteiger partial charge on any atom is -0.493 e. The zero-order chi connectivity index (χ0) is 36.9. The third kappa shape index (κ3) is 8.53. The lowest BCUT2D eigenvalue weighted by Crippen LogP contribution is -2.42. The predicted molar refractivity (Wildman–Crippen MR) is 194 cm³/mol. The van der Waals surface area contributed by atoms with E-state index in [1.165, 1.54) is 21.3 Å². The van der Waals surface area contributed by atoms with Crippen molar-refractivity contribution in [3.8, 4) is 17.2 Å². The number of piperidine rings is 1. The number of amides is 1. The highest BCUT2D eigenvalue weighted by Gasteiger charge is 2.42. The molecule has 6 rings (SSSR count). The fourth-order valence-corrected chi connectivity index (χ4v) is 7.56. The molecular weight excluding hydrogens is 699 g/mol. The van der Waals surface area contributed by atoms with Crippen molar-refractivity contribution in [1.29, 1.82) is 0 Å². The number of fused-ring (bicyclic) bond motifs is 1. The summed E-state index contributed by atoms with van der Waals surface area (Å²) in [6.45, 7) is 2.67. The van der Waals surface area contributed by atoms with Gasteiger partial charge in [0.15, 0.2) is 11.5 Å². The summed E-state index contributed by atoms with van der Waals surface area (Å²) in [5.41, 5.74) is 3.00. The Morgan fingerprint density at radius 3 is 2.31 bits per heavy atom. The monoisotopic (exact) mass is 743 g/mol. The van der Waals surface area contributed by atoms with E-state index in [1.807, 2.05) is 45.9 Å². The van der Waals surface area contributed by atoms with Gasteiger partial charge in [-0.2, -0.15) is 13.2 Å². The molecule has 1 aromatic heterocycles. The van der Waals surface area contributed by atoms with Crippen molar-refractivity contribution in [1.82, 2.24) is 19.4 Å². The lowest BCUT2D eigenvalue weighted by Gasteiger charge is -2.36. The first-order valence-electron chi connectivity index (χ1n) is 17.5. The number of para-hydroxylation sites is 2. The number of likely N-dealkylation sites (tertiary alicyclic amines) is 2. The summed E-state index contributed by atoms with van der Waals surface area (Å²) in [7, 11) is 4.60. The zero-order valence-electron chi connectivity index (χ0n) is 29.7. The molecule has 1 atom stereocenters. The van der Waals surface area contributed by atoms with Gasteiger partial charge in [-0.3, -0.25) is 4.79 Å². The Morgan fingerprint density at radius 2 is 1.65 bits per heavy atom. The topological polar surface area (TPSA) is 90.3 Å². The Balaban J connectivity index is 1.10. The number of alkyl halides is 3. The number of aromatic nitrogens is 2. The van der Waals surface area contributed by atoms with Crippen molar-refractivity contribution in [2.45, 2.75) is 49.9 Å². The Bertz CT molecular complexity index is 1810. The van der Waals surface area contributed by atoms with Crippen molar-refractivity contribution in [2.24, 2.45) is 0 Å². The normalized spacial score (nSPS) is 18.6. The van der Waals surface area contributed by atoms with E-state index in [0.29, 0.717) is 46.9 Å². The number of hydrogen-bond acceptors (Lipinski definition) is 8. The molecule has 2 fully saturated rings. The van der Waals surface area contributed by atoms with Crippen LogP contribution in [-0.4, -0.2) is 105 Å². The van der Waals surface area contributed by atoms with Crippen LogP contribution in [0.3, 0.4) is 0 Å². The highest BCUT2D eigenvalue weighted by atomic mass is 35.5. The number of imidazole rings is 1. The Hall–Kier alpha value is -4.20. The number of hydrogen-bond donors (Lipinski definition) is 1. The van der Waals surface area contributed by atoms with Gasteiger partial charge in [0.1, 0.15) is 6.61 Å². The van der Waals surface area contributed by atoms with Gasteiger partial charge in [0.05, 0.1) is 39.0 Å². The minimum absolute atomic E-state index is 0.0755. The highest BCUT2D eigenvalue weighted by molar-refractivity contribution is 6.30. The summed E-state index contributed by atoms with van der Waals surface area (Å²) in [4.78, 5) is 23.1. The number of carbonyl (C=O) groups excluding carboxylic acids is 1. The molecule has 2 aliphatic rings. The van der Waals surface area contributed by atoms with E-state index in [-0.39, 0.29) is 30.5 Å². The van der Waals surface area contributed by atoms with Crippen LogP contribution >= 0.6 is 11.6 Å². The third-order valence-electron chi connectivity index (χ3n) is 10.2. The van der Waals surface area contributed by atoms with Gasteiger partial charge in [0, 0.05) is 54.8 Å². The van der Waals surface area contributed by atoms with Gasteiger partial charge in [-0.15, -0.1) is 0 Å². The number of benzene rings is 3. The first kappa shape index (κ1) is 37.6. The first-order valence-corrected chi connectivity index (χ1v) is 17.8. The maximum absolute atomic E-state index is 13.9. The average molecular weight is 744 g/mol. The third-order valence-corrected chi connectivity index (χ3v) is 10.5. The molecule has 3 aromatic carbocycles. The van der Waals surface area contributed by atoms with Crippen LogP contribution in [0, 0.1) is 0 Å². The summed E-state index contributed by atoms with van der Waals surface area (Å²) in [6, 6.07) is 19.1. The van der Waals surface area contributed by atoms with E-state index in [0.717, 1.165) is 61.9 Å². The van der Waals surface area contributed by atoms with Crippen LogP contribution in [0.25, 0.3) is 11.0 Å². The standard InChI is InChI=1S/C38H45ClF3N5O5/c1-49-32-22-26(23-33(50-2)34(32)51-3)35(48)46-19-15-37(24-46,27-8-10-28(39)11-9-27)14-18-45-16-12-29(13-17-45)43-36-44-30-6-4-5-7-31(30)47(36)20-21-52-25-38(40,41)42/h4-11,22-23,29H,12-21,24-25H2,1-3H3,(H,43,44). The average Bonchev–Trinajstić information content (AvgIpc) is 3.74. The molecule has 1 amide bonds. The van der Waals surface area contributed by atoms with E-state index in [2.05, 4.69) is 22.3 Å². The van der Waals surface area contributed by atoms with E-state index < -0.39 is 12.8 Å². The maximum atomic E-state index is 13.9. The molecule has 0 bridgehead atoms. The van der Waals surface area contributed by atoms with Gasteiger partial charge in [-0.05, 0) is 74.2 Å². The lowest BCUT2D eigenvalue weighted by molar-refractivity contribution is -0.174. The molecule has 0 saturated carbocycles. The summed E-state index contributed by atoms with van der Waals surface area (Å²) in [5, 5.41) is 4.24. The number of halogens is 4. The molecule has 2 aliphatic heterocycles. The van der Waals surface area contributed by atoms with Crippen LogP contribution in [0.1, 0.15) is 41.6 Å². The quantitative estimate of drug-likeness (QED) is 0.138. The van der Waals surface area contributed by atoms with Crippen molar-refractivity contribution in [2.75, 3.05) is 72.6 Å². The summed E-state index contributed by atoms with van der Waals surface area (Å²) in [6.07, 6.45) is -0.929.